The van der Waals surface area contributed by atoms with Crippen molar-refractivity contribution in [2.45, 2.75) is 18.6 Å². The summed E-state index contributed by atoms with van der Waals surface area (Å²) in [6.07, 6.45) is -0.784. The molecular weight excluding hydrogens is 454 g/mol. The molecule has 1 amide bonds. The average Bonchev–Trinajstić information content (AvgIpc) is 3.24. The van der Waals surface area contributed by atoms with Gasteiger partial charge in [0.05, 0.1) is 0 Å². The predicted molar refractivity (Wildman–Crippen MR) is 136 cm³/mol. The van der Waals surface area contributed by atoms with Crippen LogP contribution in [-0.2, 0) is 16.1 Å². The lowest BCUT2D eigenvalue weighted by molar-refractivity contribution is -0.139. The van der Waals surface area contributed by atoms with E-state index < -0.39 is 18.1 Å². The molecule has 6 nitrogen and oxygen atoms in total. The maximum atomic E-state index is 12.6. The van der Waals surface area contributed by atoms with Crippen LogP contribution in [0.1, 0.15) is 34.2 Å². The molecule has 4 aromatic carbocycles. The standard InChI is InChI=1S/C30H25NO5/c32-29(33)28(21-14-16-22(17-15-21)35-18-20-8-2-1-3-9-20)31-30(34)36-19-27-25-12-6-4-10-23(25)24-11-5-7-13-26(24)27/h1-17,27-28H,18-19H2,(H,31,34)(H,32,33)/t28-/m1/s1. The minimum Gasteiger partial charge on any atom is -0.489 e. The van der Waals surface area contributed by atoms with Gasteiger partial charge in [0.25, 0.3) is 0 Å². The molecule has 0 saturated carbocycles. The highest BCUT2D eigenvalue weighted by Gasteiger charge is 2.30. The van der Waals surface area contributed by atoms with Crippen LogP contribution in [0.15, 0.2) is 103 Å². The van der Waals surface area contributed by atoms with E-state index in [0.717, 1.165) is 27.8 Å². The van der Waals surface area contributed by atoms with Crippen LogP contribution in [0.5, 0.6) is 5.75 Å². The number of benzene rings is 4. The Morgan fingerprint density at radius 2 is 1.36 bits per heavy atom. The molecule has 0 spiro atoms. The minimum absolute atomic E-state index is 0.104. The zero-order valence-corrected chi connectivity index (χ0v) is 19.5. The summed E-state index contributed by atoms with van der Waals surface area (Å²) in [5, 5.41) is 12.2. The molecule has 0 fully saturated rings. The van der Waals surface area contributed by atoms with Gasteiger partial charge in [0.2, 0.25) is 0 Å². The minimum atomic E-state index is -1.25. The van der Waals surface area contributed by atoms with Crippen molar-refractivity contribution >= 4 is 12.1 Å². The van der Waals surface area contributed by atoms with Gasteiger partial charge < -0.3 is 19.9 Å². The van der Waals surface area contributed by atoms with E-state index in [9.17, 15) is 14.7 Å². The summed E-state index contributed by atoms with van der Waals surface area (Å²) in [6, 6.07) is 31.2. The van der Waals surface area contributed by atoms with E-state index in [0.29, 0.717) is 17.9 Å². The van der Waals surface area contributed by atoms with E-state index in [2.05, 4.69) is 17.4 Å². The topological polar surface area (TPSA) is 84.9 Å². The Kier molecular flexibility index (Phi) is 6.67. The number of ether oxygens (including phenoxy) is 2. The van der Waals surface area contributed by atoms with Crippen LogP contribution in [0.25, 0.3) is 11.1 Å². The molecule has 1 aliphatic rings. The third kappa shape index (κ3) is 4.93. The normalized spacial score (nSPS) is 12.8. The number of fused-ring (bicyclic) bond motifs is 3. The molecule has 0 unspecified atom stereocenters. The number of carbonyl (C=O) groups excluding carboxylic acids is 1. The molecule has 0 radical (unpaired) electrons. The van der Waals surface area contributed by atoms with Crippen LogP contribution >= 0.6 is 0 Å². The van der Waals surface area contributed by atoms with Gasteiger partial charge in [-0.3, -0.25) is 0 Å². The van der Waals surface area contributed by atoms with Gasteiger partial charge in [-0.2, -0.15) is 0 Å². The van der Waals surface area contributed by atoms with E-state index in [-0.39, 0.29) is 12.5 Å². The molecule has 0 bridgehead atoms. The molecule has 36 heavy (non-hydrogen) atoms. The monoisotopic (exact) mass is 479 g/mol. The lowest BCUT2D eigenvalue weighted by Gasteiger charge is -2.18. The van der Waals surface area contributed by atoms with Crippen LogP contribution in [0.4, 0.5) is 4.79 Å². The van der Waals surface area contributed by atoms with E-state index in [4.69, 9.17) is 9.47 Å². The molecule has 0 aromatic heterocycles. The fraction of sp³-hybridized carbons (Fsp3) is 0.133. The van der Waals surface area contributed by atoms with Crippen molar-refractivity contribution in [3.05, 3.63) is 125 Å². The van der Waals surface area contributed by atoms with Crippen LogP contribution in [0, 0.1) is 0 Å². The maximum Gasteiger partial charge on any atom is 0.408 e. The number of hydrogen-bond acceptors (Lipinski definition) is 4. The fourth-order valence-corrected chi connectivity index (χ4v) is 4.54. The van der Waals surface area contributed by atoms with Gasteiger partial charge in [-0.05, 0) is 45.5 Å². The third-order valence-electron chi connectivity index (χ3n) is 6.31. The Morgan fingerprint density at radius 3 is 1.97 bits per heavy atom. The van der Waals surface area contributed by atoms with Crippen LogP contribution < -0.4 is 10.1 Å². The molecule has 4 aromatic rings. The number of aliphatic carboxylic acids is 1. The van der Waals surface area contributed by atoms with E-state index in [1.165, 1.54) is 0 Å². The van der Waals surface area contributed by atoms with Crippen molar-refractivity contribution in [1.29, 1.82) is 0 Å². The highest BCUT2D eigenvalue weighted by molar-refractivity contribution is 5.82. The maximum absolute atomic E-state index is 12.6. The molecule has 1 atom stereocenters. The van der Waals surface area contributed by atoms with Crippen molar-refractivity contribution in [3.63, 3.8) is 0 Å². The first kappa shape index (κ1) is 23.2. The van der Waals surface area contributed by atoms with Crippen LogP contribution in [0.3, 0.4) is 0 Å². The summed E-state index contributed by atoms with van der Waals surface area (Å²) < 4.78 is 11.3. The molecule has 1 aliphatic carbocycles. The lowest BCUT2D eigenvalue weighted by atomic mass is 9.98. The number of nitrogens with one attached hydrogen (secondary N) is 1. The van der Waals surface area contributed by atoms with Crippen LogP contribution in [-0.4, -0.2) is 23.8 Å². The van der Waals surface area contributed by atoms with Gasteiger partial charge in [-0.1, -0.05) is 91.0 Å². The molecule has 0 saturated heterocycles. The first-order valence-corrected chi connectivity index (χ1v) is 11.7. The van der Waals surface area contributed by atoms with E-state index >= 15 is 0 Å². The van der Waals surface area contributed by atoms with Crippen molar-refractivity contribution in [2.75, 3.05) is 6.61 Å². The Labute approximate surface area is 209 Å². The highest BCUT2D eigenvalue weighted by Crippen LogP contribution is 2.44. The summed E-state index contributed by atoms with van der Waals surface area (Å²) >= 11 is 0. The second kappa shape index (κ2) is 10.4. The number of carboxylic acids is 1. The second-order valence-corrected chi connectivity index (χ2v) is 8.58. The van der Waals surface area contributed by atoms with Crippen LogP contribution in [0.2, 0.25) is 0 Å². The average molecular weight is 480 g/mol. The van der Waals surface area contributed by atoms with E-state index in [1.54, 1.807) is 24.3 Å². The first-order chi connectivity index (χ1) is 17.6. The zero-order chi connectivity index (χ0) is 24.9. The van der Waals surface area contributed by atoms with E-state index in [1.807, 2.05) is 66.7 Å². The first-order valence-electron chi connectivity index (χ1n) is 11.7. The highest BCUT2D eigenvalue weighted by atomic mass is 16.5. The smallest absolute Gasteiger partial charge is 0.408 e. The number of rotatable bonds is 8. The lowest BCUT2D eigenvalue weighted by Crippen LogP contribution is -2.34. The number of alkyl carbamates (subject to hydrolysis) is 1. The van der Waals surface area contributed by atoms with Gasteiger partial charge >= 0.3 is 12.1 Å². The molecular formula is C30H25NO5. The summed E-state index contributed by atoms with van der Waals surface area (Å²) in [5.41, 5.74) is 5.88. The summed E-state index contributed by atoms with van der Waals surface area (Å²) in [4.78, 5) is 24.5. The van der Waals surface area contributed by atoms with Gasteiger partial charge in [-0.25, -0.2) is 9.59 Å². The SMILES string of the molecule is O=C(N[C@@H](C(=O)O)c1ccc(OCc2ccccc2)cc1)OCC1c2ccccc2-c2ccccc21. The molecule has 0 aliphatic heterocycles. The van der Waals surface area contributed by atoms with Gasteiger partial charge in [-0.15, -0.1) is 0 Å². The molecule has 2 N–H and O–H groups in total. The van der Waals surface area contributed by atoms with Gasteiger partial charge in [0.15, 0.2) is 6.04 Å². The number of amides is 1. The number of carboxylic acid groups (broad SMARTS) is 1. The molecule has 0 heterocycles. The molecule has 180 valence electrons. The number of hydrogen-bond donors (Lipinski definition) is 2. The zero-order valence-electron chi connectivity index (χ0n) is 19.5. The Balaban J connectivity index is 1.22. The van der Waals surface area contributed by atoms with Crippen molar-refractivity contribution in [1.82, 2.24) is 5.32 Å². The van der Waals surface area contributed by atoms with Crippen molar-refractivity contribution in [2.24, 2.45) is 0 Å². The number of carbonyl (C=O) groups is 2. The Hall–Kier alpha value is -4.58. The molecule has 6 heteroatoms. The Bertz CT molecular complexity index is 1320. The summed E-state index contributed by atoms with van der Waals surface area (Å²) in [6.45, 7) is 0.513. The predicted octanol–water partition coefficient (Wildman–Crippen LogP) is 5.93. The van der Waals surface area contributed by atoms with Crippen molar-refractivity contribution < 1.29 is 24.2 Å². The quantitative estimate of drug-likeness (QED) is 0.327. The largest absolute Gasteiger partial charge is 0.489 e. The fourth-order valence-electron chi connectivity index (χ4n) is 4.54. The summed E-state index contributed by atoms with van der Waals surface area (Å²) in [7, 11) is 0. The third-order valence-corrected chi connectivity index (χ3v) is 6.31. The van der Waals surface area contributed by atoms with Crippen molar-refractivity contribution in [3.8, 4) is 16.9 Å². The summed E-state index contributed by atoms with van der Waals surface area (Å²) in [5.74, 6) is -0.679. The van der Waals surface area contributed by atoms with Gasteiger partial charge in [0.1, 0.15) is 19.0 Å². The Morgan fingerprint density at radius 1 is 0.778 bits per heavy atom. The molecule has 5 rings (SSSR count). The van der Waals surface area contributed by atoms with Gasteiger partial charge in [0, 0.05) is 5.92 Å². The second-order valence-electron chi connectivity index (χ2n) is 8.58.